The van der Waals surface area contributed by atoms with E-state index in [2.05, 4.69) is 0 Å². The number of rotatable bonds is 7. The smallest absolute Gasteiger partial charge is 0.310 e. The highest BCUT2D eigenvalue weighted by atomic mass is 35.5. The lowest BCUT2D eigenvalue weighted by Crippen LogP contribution is -2.03. The molecular weight excluding hydrogens is 310 g/mol. The Labute approximate surface area is 132 Å². The van der Waals surface area contributed by atoms with Crippen molar-refractivity contribution >= 4 is 29.1 Å². The molecule has 0 amide bonds. The van der Waals surface area contributed by atoms with Crippen LogP contribution in [0.1, 0.15) is 5.56 Å². The normalized spacial score (nSPS) is 10.3. The molecule has 21 heavy (non-hydrogen) atoms. The van der Waals surface area contributed by atoms with Gasteiger partial charge in [-0.2, -0.15) is 0 Å². The lowest BCUT2D eigenvalue weighted by atomic mass is 10.2. The van der Waals surface area contributed by atoms with Gasteiger partial charge in [0, 0.05) is 22.6 Å². The molecule has 0 aliphatic heterocycles. The Morgan fingerprint density at radius 1 is 1.19 bits per heavy atom. The van der Waals surface area contributed by atoms with E-state index in [4.69, 9.17) is 16.3 Å². The number of ether oxygens (including phenoxy) is 1. The van der Waals surface area contributed by atoms with Crippen molar-refractivity contribution in [1.29, 1.82) is 0 Å². The molecule has 0 aromatic heterocycles. The SMILES string of the molecule is O=[N+]([O-])c1ccc(CCl)cc1OCCSc1ccccc1. The molecule has 0 saturated heterocycles. The van der Waals surface area contributed by atoms with Crippen LogP contribution in [0.15, 0.2) is 53.4 Å². The zero-order valence-electron chi connectivity index (χ0n) is 11.2. The number of nitrogens with zero attached hydrogens (tertiary/aromatic N) is 1. The second kappa shape index (κ2) is 7.90. The predicted octanol–water partition coefficient (Wildman–Crippen LogP) is 4.50. The minimum atomic E-state index is -0.447. The van der Waals surface area contributed by atoms with Gasteiger partial charge in [0.1, 0.15) is 0 Å². The second-order valence-electron chi connectivity index (χ2n) is 4.20. The van der Waals surface area contributed by atoms with Gasteiger partial charge in [0.15, 0.2) is 5.75 Å². The minimum absolute atomic E-state index is 0.0337. The topological polar surface area (TPSA) is 52.4 Å². The van der Waals surface area contributed by atoms with Gasteiger partial charge in [-0.3, -0.25) is 10.1 Å². The van der Waals surface area contributed by atoms with E-state index in [-0.39, 0.29) is 11.4 Å². The van der Waals surface area contributed by atoms with Crippen molar-refractivity contribution in [1.82, 2.24) is 0 Å². The van der Waals surface area contributed by atoms with Crippen molar-refractivity contribution in [2.75, 3.05) is 12.4 Å². The van der Waals surface area contributed by atoms with Crippen LogP contribution in [0.3, 0.4) is 0 Å². The summed E-state index contributed by atoms with van der Waals surface area (Å²) < 4.78 is 5.54. The Hall–Kier alpha value is -1.72. The quantitative estimate of drug-likeness (QED) is 0.247. The first-order chi connectivity index (χ1) is 10.2. The van der Waals surface area contributed by atoms with Gasteiger partial charge in [-0.25, -0.2) is 0 Å². The van der Waals surface area contributed by atoms with Crippen LogP contribution in [0, 0.1) is 10.1 Å². The van der Waals surface area contributed by atoms with Crippen LogP contribution < -0.4 is 4.74 Å². The van der Waals surface area contributed by atoms with Crippen molar-refractivity contribution < 1.29 is 9.66 Å². The number of nitro benzene ring substituents is 1. The van der Waals surface area contributed by atoms with Gasteiger partial charge in [-0.1, -0.05) is 24.3 Å². The molecular formula is C15H14ClNO3S. The Morgan fingerprint density at radius 3 is 2.62 bits per heavy atom. The molecule has 2 aromatic rings. The Bertz CT molecular complexity index is 607. The molecule has 0 atom stereocenters. The summed E-state index contributed by atoms with van der Waals surface area (Å²) in [6.07, 6.45) is 0. The van der Waals surface area contributed by atoms with E-state index in [1.165, 1.54) is 6.07 Å². The average Bonchev–Trinajstić information content (AvgIpc) is 2.52. The fraction of sp³-hybridized carbons (Fsp3) is 0.200. The van der Waals surface area contributed by atoms with Crippen molar-refractivity contribution in [3.8, 4) is 5.75 Å². The first-order valence-corrected chi connectivity index (χ1v) is 7.86. The third-order valence-corrected chi connectivity index (χ3v) is 4.01. The van der Waals surface area contributed by atoms with E-state index in [1.807, 2.05) is 30.3 Å². The van der Waals surface area contributed by atoms with Gasteiger partial charge in [0.05, 0.1) is 11.5 Å². The summed E-state index contributed by atoms with van der Waals surface area (Å²) in [4.78, 5) is 11.7. The number of nitro groups is 1. The standard InChI is InChI=1S/C15H14ClNO3S/c16-11-12-6-7-14(17(18)19)15(10-12)20-8-9-21-13-4-2-1-3-5-13/h1-7,10H,8-9,11H2. The third kappa shape index (κ3) is 4.65. The summed E-state index contributed by atoms with van der Waals surface area (Å²) in [5.41, 5.74) is 0.765. The van der Waals surface area contributed by atoms with Crippen molar-refractivity contribution in [2.24, 2.45) is 0 Å². The maximum Gasteiger partial charge on any atom is 0.310 e. The van der Waals surface area contributed by atoms with E-state index >= 15 is 0 Å². The predicted molar refractivity (Wildman–Crippen MR) is 85.3 cm³/mol. The minimum Gasteiger partial charge on any atom is -0.486 e. The Balaban J connectivity index is 1.94. The van der Waals surface area contributed by atoms with E-state index in [0.717, 1.165) is 10.5 Å². The monoisotopic (exact) mass is 323 g/mol. The van der Waals surface area contributed by atoms with E-state index < -0.39 is 4.92 Å². The molecule has 0 saturated carbocycles. The summed E-state index contributed by atoms with van der Waals surface area (Å²) in [5.74, 6) is 1.28. The number of halogens is 1. The van der Waals surface area contributed by atoms with Crippen molar-refractivity contribution in [2.45, 2.75) is 10.8 Å². The molecule has 2 aromatic carbocycles. The van der Waals surface area contributed by atoms with E-state index in [9.17, 15) is 10.1 Å². The van der Waals surface area contributed by atoms with Crippen LogP contribution in [0.5, 0.6) is 5.75 Å². The molecule has 0 fully saturated rings. The van der Waals surface area contributed by atoms with Crippen LogP contribution in [0.25, 0.3) is 0 Å². The number of hydrogen-bond acceptors (Lipinski definition) is 4. The highest BCUT2D eigenvalue weighted by Crippen LogP contribution is 2.29. The molecule has 0 N–H and O–H groups in total. The van der Waals surface area contributed by atoms with Crippen LogP contribution in [-0.4, -0.2) is 17.3 Å². The van der Waals surface area contributed by atoms with Gasteiger partial charge in [0.2, 0.25) is 0 Å². The number of hydrogen-bond donors (Lipinski definition) is 0. The van der Waals surface area contributed by atoms with Gasteiger partial charge >= 0.3 is 5.69 Å². The first-order valence-electron chi connectivity index (χ1n) is 6.34. The van der Waals surface area contributed by atoms with E-state index in [0.29, 0.717) is 18.2 Å². The first kappa shape index (κ1) is 15.7. The van der Waals surface area contributed by atoms with Gasteiger partial charge in [0.25, 0.3) is 0 Å². The lowest BCUT2D eigenvalue weighted by Gasteiger charge is -2.08. The van der Waals surface area contributed by atoms with Gasteiger partial charge in [-0.15, -0.1) is 23.4 Å². The largest absolute Gasteiger partial charge is 0.486 e. The fourth-order valence-corrected chi connectivity index (χ4v) is 2.65. The number of thioether (sulfide) groups is 1. The van der Waals surface area contributed by atoms with Crippen molar-refractivity contribution in [3.63, 3.8) is 0 Å². The molecule has 0 radical (unpaired) electrons. The molecule has 4 nitrogen and oxygen atoms in total. The molecule has 0 spiro atoms. The summed E-state index contributed by atoms with van der Waals surface area (Å²) in [6.45, 7) is 0.395. The van der Waals surface area contributed by atoms with Crippen LogP contribution >= 0.6 is 23.4 Å². The molecule has 0 bridgehead atoms. The van der Waals surface area contributed by atoms with Crippen LogP contribution in [-0.2, 0) is 5.88 Å². The zero-order valence-corrected chi connectivity index (χ0v) is 12.8. The highest BCUT2D eigenvalue weighted by Gasteiger charge is 2.15. The molecule has 6 heteroatoms. The maximum atomic E-state index is 11.0. The Morgan fingerprint density at radius 2 is 1.95 bits per heavy atom. The van der Waals surface area contributed by atoms with Gasteiger partial charge in [-0.05, 0) is 23.8 Å². The summed E-state index contributed by atoms with van der Waals surface area (Å²) in [6, 6.07) is 14.6. The summed E-state index contributed by atoms with van der Waals surface area (Å²) >= 11 is 7.39. The van der Waals surface area contributed by atoms with E-state index in [1.54, 1.807) is 23.9 Å². The van der Waals surface area contributed by atoms with Crippen LogP contribution in [0.2, 0.25) is 0 Å². The fourth-order valence-electron chi connectivity index (χ4n) is 1.74. The molecule has 0 aliphatic rings. The molecule has 2 rings (SSSR count). The number of alkyl halides is 1. The summed E-state index contributed by atoms with van der Waals surface area (Å²) in [7, 11) is 0. The molecule has 0 aliphatic carbocycles. The van der Waals surface area contributed by atoms with Crippen LogP contribution in [0.4, 0.5) is 5.69 Å². The third-order valence-electron chi connectivity index (χ3n) is 2.73. The Kier molecular flexibility index (Phi) is 5.90. The highest BCUT2D eigenvalue weighted by molar-refractivity contribution is 7.99. The molecule has 110 valence electrons. The average molecular weight is 324 g/mol. The second-order valence-corrected chi connectivity index (χ2v) is 5.64. The molecule has 0 unspecified atom stereocenters. The maximum absolute atomic E-state index is 11.0. The summed E-state index contributed by atoms with van der Waals surface area (Å²) in [5, 5.41) is 11.0. The van der Waals surface area contributed by atoms with Gasteiger partial charge < -0.3 is 4.74 Å². The zero-order chi connectivity index (χ0) is 15.1. The van der Waals surface area contributed by atoms with Crippen molar-refractivity contribution in [3.05, 3.63) is 64.2 Å². The molecule has 0 heterocycles. The number of benzene rings is 2. The lowest BCUT2D eigenvalue weighted by molar-refractivity contribution is -0.385.